The maximum Gasteiger partial charge on any atom is 0.321 e. The lowest BCUT2D eigenvalue weighted by Gasteiger charge is -2.32. The van der Waals surface area contributed by atoms with Crippen molar-refractivity contribution in [2.24, 2.45) is 5.92 Å². The van der Waals surface area contributed by atoms with Gasteiger partial charge in [-0.05, 0) is 62.3 Å². The first kappa shape index (κ1) is 20.9. The van der Waals surface area contributed by atoms with Crippen molar-refractivity contribution < 1.29 is 9.59 Å². The molecule has 1 unspecified atom stereocenters. The van der Waals surface area contributed by atoms with Crippen LogP contribution in [0.1, 0.15) is 42.4 Å². The molecule has 0 aliphatic carbocycles. The number of amides is 3. The molecule has 0 spiro atoms. The molecule has 1 fully saturated rings. The van der Waals surface area contributed by atoms with Crippen LogP contribution in [0.25, 0.3) is 0 Å². The molecule has 3 amide bonds. The molecule has 2 aromatic carbocycles. The number of aryl methyl sites for hydroxylation is 2. The Hall–Kier alpha value is -2.82. The van der Waals surface area contributed by atoms with Crippen LogP contribution in [0.15, 0.2) is 48.5 Å². The van der Waals surface area contributed by atoms with Crippen LogP contribution in [0.2, 0.25) is 0 Å². The van der Waals surface area contributed by atoms with Crippen LogP contribution >= 0.6 is 0 Å². The lowest BCUT2D eigenvalue weighted by atomic mass is 9.93. The molecule has 3 rings (SSSR count). The fourth-order valence-electron chi connectivity index (χ4n) is 3.86. The molecular formula is C24H31N3O2. The minimum atomic E-state index is -0.0517. The SMILES string of the molecule is Cc1cccc(CNC(=O)CCC2CCCN(C(=O)Nc3cccc(C)c3)C2)c1. The fourth-order valence-corrected chi connectivity index (χ4v) is 3.86. The number of rotatable bonds is 6. The van der Waals surface area contributed by atoms with E-state index in [1.807, 2.05) is 48.2 Å². The maximum atomic E-state index is 12.6. The van der Waals surface area contributed by atoms with Gasteiger partial charge in [-0.3, -0.25) is 4.79 Å². The Morgan fingerprint density at radius 2 is 1.83 bits per heavy atom. The monoisotopic (exact) mass is 393 g/mol. The van der Waals surface area contributed by atoms with E-state index >= 15 is 0 Å². The second-order valence-corrected chi connectivity index (χ2v) is 8.06. The molecule has 5 heteroatoms. The van der Waals surface area contributed by atoms with Crippen molar-refractivity contribution in [2.45, 2.75) is 46.1 Å². The van der Waals surface area contributed by atoms with Gasteiger partial charge in [-0.15, -0.1) is 0 Å². The van der Waals surface area contributed by atoms with E-state index < -0.39 is 0 Å². The number of likely N-dealkylation sites (tertiary alicyclic amines) is 1. The molecule has 154 valence electrons. The Morgan fingerprint density at radius 3 is 2.59 bits per heavy atom. The van der Waals surface area contributed by atoms with Gasteiger partial charge in [-0.2, -0.15) is 0 Å². The van der Waals surface area contributed by atoms with Crippen LogP contribution in [0, 0.1) is 19.8 Å². The third-order valence-corrected chi connectivity index (χ3v) is 5.43. The summed E-state index contributed by atoms with van der Waals surface area (Å²) in [5.41, 5.74) is 4.27. The molecule has 0 aromatic heterocycles. The molecule has 1 atom stereocenters. The van der Waals surface area contributed by atoms with Crippen LogP contribution in [-0.2, 0) is 11.3 Å². The second kappa shape index (κ2) is 10.1. The molecule has 0 radical (unpaired) electrons. The number of carbonyl (C=O) groups is 2. The highest BCUT2D eigenvalue weighted by Crippen LogP contribution is 2.22. The zero-order valence-electron chi connectivity index (χ0n) is 17.4. The summed E-state index contributed by atoms with van der Waals surface area (Å²) in [6.07, 6.45) is 3.37. The number of hydrogen-bond acceptors (Lipinski definition) is 2. The van der Waals surface area contributed by atoms with Gasteiger partial charge >= 0.3 is 6.03 Å². The van der Waals surface area contributed by atoms with Crippen LogP contribution in [0.4, 0.5) is 10.5 Å². The molecule has 29 heavy (non-hydrogen) atoms. The fraction of sp³-hybridized carbons (Fsp3) is 0.417. The summed E-state index contributed by atoms with van der Waals surface area (Å²) in [6, 6.07) is 16.0. The zero-order valence-corrected chi connectivity index (χ0v) is 17.4. The van der Waals surface area contributed by atoms with Gasteiger partial charge < -0.3 is 15.5 Å². The highest BCUT2D eigenvalue weighted by Gasteiger charge is 2.24. The van der Waals surface area contributed by atoms with Gasteiger partial charge in [0.15, 0.2) is 0 Å². The molecule has 1 aliphatic heterocycles. The minimum Gasteiger partial charge on any atom is -0.352 e. The average molecular weight is 394 g/mol. The number of nitrogens with zero attached hydrogens (tertiary/aromatic N) is 1. The van der Waals surface area contributed by atoms with Gasteiger partial charge in [-0.1, -0.05) is 42.0 Å². The lowest BCUT2D eigenvalue weighted by molar-refractivity contribution is -0.121. The van der Waals surface area contributed by atoms with E-state index in [0.29, 0.717) is 25.4 Å². The number of urea groups is 1. The number of benzene rings is 2. The summed E-state index contributed by atoms with van der Waals surface area (Å²) in [4.78, 5) is 26.7. The van der Waals surface area contributed by atoms with Gasteiger partial charge in [0.25, 0.3) is 0 Å². The van der Waals surface area contributed by atoms with E-state index in [0.717, 1.165) is 42.6 Å². The van der Waals surface area contributed by atoms with Gasteiger partial charge in [-0.25, -0.2) is 4.79 Å². The zero-order chi connectivity index (χ0) is 20.6. The first-order valence-corrected chi connectivity index (χ1v) is 10.4. The largest absolute Gasteiger partial charge is 0.352 e. The van der Waals surface area contributed by atoms with E-state index in [4.69, 9.17) is 0 Å². The summed E-state index contributed by atoms with van der Waals surface area (Å²) in [6.45, 7) is 6.11. The Kier molecular flexibility index (Phi) is 7.28. The molecule has 5 nitrogen and oxygen atoms in total. The van der Waals surface area contributed by atoms with Crippen LogP contribution < -0.4 is 10.6 Å². The number of carbonyl (C=O) groups excluding carboxylic acids is 2. The number of hydrogen-bond donors (Lipinski definition) is 2. The Bertz CT molecular complexity index is 850. The molecule has 1 aliphatic rings. The minimum absolute atomic E-state index is 0.0517. The van der Waals surface area contributed by atoms with Crippen molar-refractivity contribution in [2.75, 3.05) is 18.4 Å². The lowest BCUT2D eigenvalue weighted by Crippen LogP contribution is -2.42. The molecule has 2 N–H and O–H groups in total. The number of nitrogens with one attached hydrogen (secondary N) is 2. The predicted molar refractivity (Wildman–Crippen MR) is 117 cm³/mol. The van der Waals surface area contributed by atoms with E-state index in [1.165, 1.54) is 5.56 Å². The van der Waals surface area contributed by atoms with E-state index in [-0.39, 0.29) is 11.9 Å². The van der Waals surface area contributed by atoms with Crippen molar-refractivity contribution in [3.8, 4) is 0 Å². The average Bonchev–Trinajstić information content (AvgIpc) is 2.71. The summed E-state index contributed by atoms with van der Waals surface area (Å²) in [5.74, 6) is 0.449. The smallest absolute Gasteiger partial charge is 0.321 e. The summed E-state index contributed by atoms with van der Waals surface area (Å²) in [5, 5.41) is 5.99. The van der Waals surface area contributed by atoms with E-state index in [1.54, 1.807) is 0 Å². The maximum absolute atomic E-state index is 12.6. The number of piperidine rings is 1. The van der Waals surface area contributed by atoms with Crippen molar-refractivity contribution >= 4 is 17.6 Å². The van der Waals surface area contributed by atoms with Crippen LogP contribution in [-0.4, -0.2) is 29.9 Å². The van der Waals surface area contributed by atoms with Gasteiger partial charge in [0.2, 0.25) is 5.91 Å². The molecule has 0 saturated carbocycles. The summed E-state index contributed by atoms with van der Waals surface area (Å²) in [7, 11) is 0. The number of anilines is 1. The Morgan fingerprint density at radius 1 is 1.07 bits per heavy atom. The highest BCUT2D eigenvalue weighted by molar-refractivity contribution is 5.89. The normalized spacial score (nSPS) is 16.3. The third-order valence-electron chi connectivity index (χ3n) is 5.43. The van der Waals surface area contributed by atoms with Crippen molar-refractivity contribution in [3.05, 3.63) is 65.2 Å². The van der Waals surface area contributed by atoms with Gasteiger partial charge in [0.05, 0.1) is 0 Å². The third kappa shape index (κ3) is 6.63. The molecular weight excluding hydrogens is 362 g/mol. The van der Waals surface area contributed by atoms with Crippen molar-refractivity contribution in [1.29, 1.82) is 0 Å². The molecule has 0 bridgehead atoms. The Balaban J connectivity index is 1.42. The highest BCUT2D eigenvalue weighted by atomic mass is 16.2. The summed E-state index contributed by atoms with van der Waals surface area (Å²) >= 11 is 0. The van der Waals surface area contributed by atoms with Crippen molar-refractivity contribution in [1.82, 2.24) is 10.2 Å². The first-order chi connectivity index (χ1) is 14.0. The molecule has 1 saturated heterocycles. The summed E-state index contributed by atoms with van der Waals surface area (Å²) < 4.78 is 0. The first-order valence-electron chi connectivity index (χ1n) is 10.4. The van der Waals surface area contributed by atoms with Gasteiger partial charge in [0, 0.05) is 31.7 Å². The standard InChI is InChI=1S/C24H31N3O2/c1-18-6-3-8-21(14-18)16-25-23(28)12-11-20-9-5-13-27(17-20)24(29)26-22-10-4-7-19(2)15-22/h3-4,6-8,10,14-15,20H,5,9,11-13,16-17H2,1-2H3,(H,25,28)(H,26,29). The topological polar surface area (TPSA) is 61.4 Å². The van der Waals surface area contributed by atoms with Crippen LogP contribution in [0.5, 0.6) is 0 Å². The second-order valence-electron chi connectivity index (χ2n) is 8.06. The van der Waals surface area contributed by atoms with E-state index in [2.05, 4.69) is 29.7 Å². The van der Waals surface area contributed by atoms with Crippen LogP contribution in [0.3, 0.4) is 0 Å². The predicted octanol–water partition coefficient (Wildman–Crippen LogP) is 4.64. The molecule has 2 aromatic rings. The quantitative estimate of drug-likeness (QED) is 0.751. The Labute approximate surface area is 173 Å². The van der Waals surface area contributed by atoms with Gasteiger partial charge in [0.1, 0.15) is 0 Å². The van der Waals surface area contributed by atoms with Crippen molar-refractivity contribution in [3.63, 3.8) is 0 Å². The molecule has 1 heterocycles. The van der Waals surface area contributed by atoms with E-state index in [9.17, 15) is 9.59 Å².